The summed E-state index contributed by atoms with van der Waals surface area (Å²) in [6.45, 7) is 19.3. The Morgan fingerprint density at radius 3 is 1.07 bits per heavy atom. The topological polar surface area (TPSA) is 3.24 Å². The standard InChI is InChI=1S/C28H34.C25H22.C24H23N.C22H24.2H2/c1-19-13-21-17-28(11-7-4-8-12-28)24-16-20(2)14-22-18-27(9-5-3-6-10-27)23(15-19)25(21)26(22)24;1-15-11-18-7-8-19-12-16(2)14-22-24(19)23(18)21(13-15)25(22)10-9-17-5-3-4-6-20(17)25;1-16-8-10-18-19-11-9-17(2)15-22(19)24(21(18)14-16)12-13-25(3)23-7-5-4-6-20(23)24;1-14-9-16-5-6-17-10-15(2)12-19-21(17)20(16)18(11-14)13-22(19)7-3-4-8-22;;/h13-16H,3-12,17-18H2,1-2H3;3-6,11-14H,7-10H2,1-2H3;4-11,14-15H,12-13H2,1-3H3;9-12H,3-8,13H2,1-2H3;2*1H. The van der Waals surface area contributed by atoms with Gasteiger partial charge in [0.1, 0.15) is 0 Å². The molecule has 0 radical (unpaired) electrons. The molecule has 0 unspecified atom stereocenters. The first kappa shape index (κ1) is 63.0. The van der Waals surface area contributed by atoms with Crippen molar-refractivity contribution in [2.24, 2.45) is 0 Å². The van der Waals surface area contributed by atoms with Crippen molar-refractivity contribution in [3.63, 3.8) is 0 Å². The van der Waals surface area contributed by atoms with E-state index in [4.69, 9.17) is 0 Å². The highest BCUT2D eigenvalue weighted by Gasteiger charge is 2.53. The van der Waals surface area contributed by atoms with Crippen molar-refractivity contribution in [3.8, 4) is 44.5 Å². The molecule has 22 rings (SSSR count). The van der Waals surface area contributed by atoms with Gasteiger partial charge in [0, 0.05) is 27.5 Å². The number of anilines is 1. The van der Waals surface area contributed by atoms with Crippen LogP contribution in [-0.2, 0) is 78.4 Å². The zero-order valence-corrected chi connectivity index (χ0v) is 61.6. The third-order valence-electron chi connectivity index (χ3n) is 28.2. The minimum atomic E-state index is -0.00813. The van der Waals surface area contributed by atoms with Gasteiger partial charge >= 0.3 is 0 Å². The zero-order chi connectivity index (χ0) is 67.8. The maximum atomic E-state index is 2.59. The molecule has 3 fully saturated rings. The van der Waals surface area contributed by atoms with Crippen molar-refractivity contribution in [1.82, 2.24) is 0 Å². The molecule has 10 aromatic rings. The first-order chi connectivity index (χ1) is 48.6. The van der Waals surface area contributed by atoms with E-state index in [-0.39, 0.29) is 13.7 Å². The summed E-state index contributed by atoms with van der Waals surface area (Å²) in [5.74, 6) is 0. The maximum Gasteiger partial charge on any atom is 0.0501 e. The first-order valence-electron chi connectivity index (χ1n) is 39.5. The summed E-state index contributed by atoms with van der Waals surface area (Å²) in [7, 11) is 2.22. The molecule has 1 heteroatoms. The summed E-state index contributed by atoms with van der Waals surface area (Å²) in [6, 6.07) is 62.2. The van der Waals surface area contributed by atoms with E-state index in [1.54, 1.807) is 111 Å². The highest BCUT2D eigenvalue weighted by molar-refractivity contribution is 5.92. The Kier molecular flexibility index (Phi) is 14.6. The van der Waals surface area contributed by atoms with Crippen LogP contribution in [-0.4, -0.2) is 13.6 Å². The van der Waals surface area contributed by atoms with Crippen LogP contribution in [0.2, 0.25) is 0 Å². The molecule has 10 aromatic carbocycles. The highest BCUT2D eigenvalue weighted by atomic mass is 15.1. The summed E-state index contributed by atoms with van der Waals surface area (Å²) in [6.07, 6.45) is 32.0. The SMILES string of the molecule is Cc1cc2c3c(c1)C1(CCCCC1)Cc1cc(C)cc(c1-3)C1(CCCCC1)C2.Cc1cc2c3c(c1)C1(CCc4ccccc41)c1cc(C)cc(c1-3)CC2.Cc1cc2c3c(c1)CC1(CCCC1)c1cc(C)cc(c1-3)CC2.Cc1ccc2c(c1)C1(CCN(C)c3ccccc31)c1cc(C)ccc1-2.[HH].[HH]. The lowest BCUT2D eigenvalue weighted by Gasteiger charge is -2.50. The van der Waals surface area contributed by atoms with E-state index in [9.17, 15) is 0 Å². The van der Waals surface area contributed by atoms with Crippen molar-refractivity contribution in [2.75, 3.05) is 18.5 Å². The van der Waals surface area contributed by atoms with Gasteiger partial charge in [0.2, 0.25) is 0 Å². The van der Waals surface area contributed by atoms with Crippen LogP contribution in [0.5, 0.6) is 0 Å². The average Bonchev–Trinajstić information content (AvgIpc) is 1.38. The Morgan fingerprint density at radius 2 is 0.600 bits per heavy atom. The monoisotopic (exact) mass is 1310 g/mol. The summed E-state index contributed by atoms with van der Waals surface area (Å²) < 4.78 is 0. The van der Waals surface area contributed by atoms with Crippen LogP contribution in [0.4, 0.5) is 5.69 Å². The van der Waals surface area contributed by atoms with Crippen molar-refractivity contribution < 1.29 is 2.85 Å². The second-order valence-electron chi connectivity index (χ2n) is 34.6. The molecule has 0 amide bonds. The van der Waals surface area contributed by atoms with E-state index in [1.165, 1.54) is 226 Å². The van der Waals surface area contributed by atoms with Gasteiger partial charge in [0.05, 0.1) is 5.41 Å². The lowest BCUT2D eigenvalue weighted by atomic mass is 9.54. The Morgan fingerprint density at radius 1 is 0.260 bits per heavy atom. The number of rotatable bonds is 0. The molecule has 5 spiro atoms. The number of hydrogen-bond donors (Lipinski definition) is 0. The third-order valence-corrected chi connectivity index (χ3v) is 28.2. The molecule has 1 heterocycles. The van der Waals surface area contributed by atoms with Crippen molar-refractivity contribution in [2.45, 2.75) is 237 Å². The fourth-order valence-corrected chi connectivity index (χ4v) is 24.2. The predicted octanol–water partition coefficient (Wildman–Crippen LogP) is 24.5. The molecule has 100 heavy (non-hydrogen) atoms. The van der Waals surface area contributed by atoms with Gasteiger partial charge in [-0.25, -0.2) is 0 Å². The van der Waals surface area contributed by atoms with Crippen LogP contribution in [0, 0.1) is 55.4 Å². The van der Waals surface area contributed by atoms with E-state index in [0.717, 1.165) is 13.0 Å². The first-order valence-corrected chi connectivity index (χ1v) is 39.5. The lowest BCUT2D eigenvalue weighted by molar-refractivity contribution is 0.275. The van der Waals surface area contributed by atoms with Gasteiger partial charge in [0.25, 0.3) is 0 Å². The quantitative estimate of drug-likeness (QED) is 0.146. The Labute approximate surface area is 601 Å². The molecular formula is C99H107N. The van der Waals surface area contributed by atoms with Crippen LogP contribution in [0.25, 0.3) is 44.5 Å². The number of hydrogen-bond acceptors (Lipinski definition) is 1. The van der Waals surface area contributed by atoms with E-state index >= 15 is 0 Å². The van der Waals surface area contributed by atoms with Crippen molar-refractivity contribution >= 4 is 5.69 Å². The van der Waals surface area contributed by atoms with Gasteiger partial charge in [-0.1, -0.05) is 248 Å². The fraction of sp³-hybridized carbons (Fsp3) is 0.394. The van der Waals surface area contributed by atoms with Gasteiger partial charge in [-0.05, 0) is 320 Å². The smallest absolute Gasteiger partial charge is 0.0501 e. The summed E-state index contributed by atoms with van der Waals surface area (Å²) in [5, 5.41) is 0. The molecule has 1 nitrogen and oxygen atoms in total. The molecule has 12 aliphatic rings. The van der Waals surface area contributed by atoms with Crippen LogP contribution < -0.4 is 4.90 Å². The predicted molar refractivity (Wildman–Crippen MR) is 424 cm³/mol. The average molecular weight is 1310 g/mol. The van der Waals surface area contributed by atoms with Gasteiger partial charge in [-0.2, -0.15) is 0 Å². The van der Waals surface area contributed by atoms with Gasteiger partial charge in [0.15, 0.2) is 0 Å². The van der Waals surface area contributed by atoms with E-state index in [1.807, 2.05) is 0 Å². The van der Waals surface area contributed by atoms with Crippen molar-refractivity contribution in [3.05, 3.63) is 297 Å². The molecule has 0 saturated heterocycles. The lowest BCUT2D eigenvalue weighted by Crippen LogP contribution is -2.40. The highest BCUT2D eigenvalue weighted by Crippen LogP contribution is 2.64. The van der Waals surface area contributed by atoms with Crippen LogP contribution in [0.3, 0.4) is 0 Å². The molecule has 508 valence electrons. The Hall–Kier alpha value is -8.00. The second kappa shape index (κ2) is 23.3. The third kappa shape index (κ3) is 9.36. The van der Waals surface area contributed by atoms with Crippen LogP contribution in [0.1, 0.15) is 245 Å². The van der Waals surface area contributed by atoms with Crippen molar-refractivity contribution in [1.29, 1.82) is 0 Å². The van der Waals surface area contributed by atoms with Gasteiger partial charge < -0.3 is 4.90 Å². The number of nitrogens with zero attached hydrogens (tertiary/aromatic N) is 1. The Bertz CT molecular complexity index is 4900. The minimum absolute atomic E-state index is 0. The fourth-order valence-electron chi connectivity index (χ4n) is 24.2. The molecule has 0 atom stereocenters. The molecule has 1 aliphatic heterocycles. The minimum Gasteiger partial charge on any atom is -0.374 e. The number of benzene rings is 10. The van der Waals surface area contributed by atoms with Gasteiger partial charge in [-0.3, -0.25) is 0 Å². The normalized spacial score (nSPS) is 19.6. The number of fused-ring (bicyclic) bond motifs is 14. The summed E-state index contributed by atoms with van der Waals surface area (Å²) in [5.41, 5.74) is 54.2. The zero-order valence-electron chi connectivity index (χ0n) is 61.6. The van der Waals surface area contributed by atoms with E-state index in [2.05, 4.69) is 225 Å². The molecule has 11 aliphatic carbocycles. The number of para-hydroxylation sites is 1. The number of aryl methyl sites for hydroxylation is 13. The Balaban J connectivity index is 0.000000101. The maximum absolute atomic E-state index is 2.59. The molecule has 0 bridgehead atoms. The van der Waals surface area contributed by atoms with E-state index < -0.39 is 0 Å². The van der Waals surface area contributed by atoms with E-state index in [0.29, 0.717) is 16.2 Å². The largest absolute Gasteiger partial charge is 0.374 e. The van der Waals surface area contributed by atoms with Crippen LogP contribution >= 0.6 is 0 Å². The summed E-state index contributed by atoms with van der Waals surface area (Å²) >= 11 is 0. The summed E-state index contributed by atoms with van der Waals surface area (Å²) in [4.78, 5) is 2.41. The second-order valence-corrected chi connectivity index (χ2v) is 34.6. The van der Waals surface area contributed by atoms with Crippen LogP contribution in [0.15, 0.2) is 158 Å². The van der Waals surface area contributed by atoms with Gasteiger partial charge in [-0.15, -0.1) is 0 Å². The molecule has 0 N–H and O–H groups in total. The molecular weight excluding hydrogens is 1200 g/mol. The molecule has 0 aromatic heterocycles. The molecule has 3 saturated carbocycles.